The highest BCUT2D eigenvalue weighted by atomic mass is 16.3. The highest BCUT2D eigenvalue weighted by Crippen LogP contribution is 2.14. The number of hydrogen-bond donors (Lipinski definition) is 2. The molecule has 0 aromatic heterocycles. The Balaban J connectivity index is 3.64. The summed E-state index contributed by atoms with van der Waals surface area (Å²) >= 11 is 0. The van der Waals surface area contributed by atoms with Gasteiger partial charge in [0, 0.05) is 13.5 Å². The van der Waals surface area contributed by atoms with E-state index in [2.05, 4.69) is 12.2 Å². The van der Waals surface area contributed by atoms with E-state index in [1.807, 2.05) is 6.92 Å². The minimum atomic E-state index is -0.334. The molecule has 14 heavy (non-hydrogen) atoms. The Hall–Kier alpha value is -0.570. The summed E-state index contributed by atoms with van der Waals surface area (Å²) in [6.07, 6.45) is 4.27. The third-order valence-electron chi connectivity index (χ3n) is 2.55. The summed E-state index contributed by atoms with van der Waals surface area (Å²) in [7, 11) is 1.62. The van der Waals surface area contributed by atoms with E-state index in [4.69, 9.17) is 0 Å². The van der Waals surface area contributed by atoms with Crippen molar-refractivity contribution in [3.8, 4) is 0 Å². The molecule has 0 aromatic carbocycles. The first-order valence-electron chi connectivity index (χ1n) is 5.50. The van der Waals surface area contributed by atoms with E-state index in [-0.39, 0.29) is 17.9 Å². The zero-order valence-electron chi connectivity index (χ0n) is 9.55. The Labute approximate surface area is 86.9 Å². The maximum Gasteiger partial charge on any atom is 0.220 e. The van der Waals surface area contributed by atoms with Crippen LogP contribution in [0.3, 0.4) is 0 Å². The molecule has 0 aliphatic heterocycles. The van der Waals surface area contributed by atoms with Gasteiger partial charge >= 0.3 is 0 Å². The van der Waals surface area contributed by atoms with Gasteiger partial charge in [-0.15, -0.1) is 0 Å². The molecule has 0 heterocycles. The molecule has 2 N–H and O–H groups in total. The molecule has 2 atom stereocenters. The molecular weight excluding hydrogens is 178 g/mol. The number of aliphatic hydroxyl groups excluding tert-OH is 1. The van der Waals surface area contributed by atoms with Crippen molar-refractivity contribution in [2.75, 3.05) is 7.05 Å². The number of unbranched alkanes of at least 4 members (excludes halogenated alkanes) is 2. The summed E-state index contributed by atoms with van der Waals surface area (Å²) in [5.74, 6) is 0.0684. The van der Waals surface area contributed by atoms with Crippen LogP contribution in [0.15, 0.2) is 0 Å². The van der Waals surface area contributed by atoms with Gasteiger partial charge in [0.05, 0.1) is 6.10 Å². The largest absolute Gasteiger partial charge is 0.393 e. The van der Waals surface area contributed by atoms with Crippen molar-refractivity contribution in [3.05, 3.63) is 0 Å². The normalized spacial score (nSPS) is 14.9. The molecule has 0 bridgehead atoms. The fourth-order valence-corrected chi connectivity index (χ4v) is 1.42. The van der Waals surface area contributed by atoms with E-state index < -0.39 is 0 Å². The summed E-state index contributed by atoms with van der Waals surface area (Å²) < 4.78 is 0. The predicted molar refractivity (Wildman–Crippen MR) is 58.0 cm³/mol. The summed E-state index contributed by atoms with van der Waals surface area (Å²) in [5.41, 5.74) is 0. The topological polar surface area (TPSA) is 49.3 Å². The molecule has 3 nitrogen and oxygen atoms in total. The van der Waals surface area contributed by atoms with Crippen molar-refractivity contribution in [1.29, 1.82) is 0 Å². The van der Waals surface area contributed by atoms with E-state index in [9.17, 15) is 9.90 Å². The zero-order valence-corrected chi connectivity index (χ0v) is 9.55. The second kappa shape index (κ2) is 7.80. The SMILES string of the molecule is CCCCC[C@@H](O)[C@@H](C)CC(=O)NC. The highest BCUT2D eigenvalue weighted by molar-refractivity contribution is 5.75. The molecule has 0 saturated heterocycles. The monoisotopic (exact) mass is 201 g/mol. The molecule has 0 aliphatic carbocycles. The van der Waals surface area contributed by atoms with E-state index in [0.29, 0.717) is 6.42 Å². The molecule has 0 spiro atoms. The molecule has 0 aromatic rings. The van der Waals surface area contributed by atoms with Crippen LogP contribution in [0.25, 0.3) is 0 Å². The smallest absolute Gasteiger partial charge is 0.220 e. The maximum absolute atomic E-state index is 11.0. The molecule has 0 fully saturated rings. The van der Waals surface area contributed by atoms with Gasteiger partial charge < -0.3 is 10.4 Å². The second-order valence-electron chi connectivity index (χ2n) is 3.92. The average molecular weight is 201 g/mol. The Morgan fingerprint density at radius 3 is 2.57 bits per heavy atom. The van der Waals surface area contributed by atoms with Gasteiger partial charge in [-0.3, -0.25) is 4.79 Å². The number of carbonyl (C=O) groups excluding carboxylic acids is 1. The first-order chi connectivity index (χ1) is 6.61. The summed E-state index contributed by atoms with van der Waals surface area (Å²) in [5, 5.41) is 12.3. The molecule has 0 aliphatic rings. The van der Waals surface area contributed by atoms with Crippen LogP contribution >= 0.6 is 0 Å². The van der Waals surface area contributed by atoms with Crippen LogP contribution < -0.4 is 5.32 Å². The lowest BCUT2D eigenvalue weighted by molar-refractivity contribution is -0.122. The molecule has 1 amide bonds. The van der Waals surface area contributed by atoms with Crippen LogP contribution in [0.5, 0.6) is 0 Å². The van der Waals surface area contributed by atoms with Crippen LogP contribution in [0.2, 0.25) is 0 Å². The van der Waals surface area contributed by atoms with Gasteiger partial charge in [0.15, 0.2) is 0 Å². The van der Waals surface area contributed by atoms with E-state index >= 15 is 0 Å². The van der Waals surface area contributed by atoms with Crippen LogP contribution in [0, 0.1) is 5.92 Å². The van der Waals surface area contributed by atoms with Gasteiger partial charge in [0.2, 0.25) is 5.91 Å². The molecule has 3 heteroatoms. The van der Waals surface area contributed by atoms with Crippen molar-refractivity contribution in [2.24, 2.45) is 5.92 Å². The van der Waals surface area contributed by atoms with Crippen molar-refractivity contribution < 1.29 is 9.90 Å². The first-order valence-corrected chi connectivity index (χ1v) is 5.50. The van der Waals surface area contributed by atoms with Crippen LogP contribution in [0.1, 0.15) is 46.0 Å². The Morgan fingerprint density at radius 1 is 1.43 bits per heavy atom. The Bertz CT molecular complexity index is 159. The number of carbonyl (C=O) groups is 1. The molecule has 0 radical (unpaired) electrons. The summed E-state index contributed by atoms with van der Waals surface area (Å²) in [4.78, 5) is 11.0. The lowest BCUT2D eigenvalue weighted by Crippen LogP contribution is -2.26. The fourth-order valence-electron chi connectivity index (χ4n) is 1.42. The Kier molecular flexibility index (Phi) is 7.48. The number of nitrogens with one attached hydrogen (secondary N) is 1. The van der Waals surface area contributed by atoms with Crippen LogP contribution in [-0.4, -0.2) is 24.2 Å². The fraction of sp³-hybridized carbons (Fsp3) is 0.909. The van der Waals surface area contributed by atoms with Gasteiger partial charge in [-0.2, -0.15) is 0 Å². The molecular formula is C11H23NO2. The lowest BCUT2D eigenvalue weighted by Gasteiger charge is -2.17. The van der Waals surface area contributed by atoms with Crippen molar-refractivity contribution >= 4 is 5.91 Å². The van der Waals surface area contributed by atoms with E-state index in [1.54, 1.807) is 7.05 Å². The standard InChI is InChI=1S/C11H23NO2/c1-4-5-6-7-10(13)9(2)8-11(14)12-3/h9-10,13H,4-8H2,1-3H3,(H,12,14)/t9-,10+/m0/s1. The number of rotatable bonds is 7. The second-order valence-corrected chi connectivity index (χ2v) is 3.92. The number of hydrogen-bond acceptors (Lipinski definition) is 2. The highest BCUT2D eigenvalue weighted by Gasteiger charge is 2.16. The molecule has 0 unspecified atom stereocenters. The van der Waals surface area contributed by atoms with Crippen molar-refractivity contribution in [3.63, 3.8) is 0 Å². The van der Waals surface area contributed by atoms with Crippen molar-refractivity contribution in [1.82, 2.24) is 5.32 Å². The van der Waals surface area contributed by atoms with Gasteiger partial charge in [0.25, 0.3) is 0 Å². The minimum absolute atomic E-state index is 0.00652. The zero-order chi connectivity index (χ0) is 11.0. The first kappa shape index (κ1) is 13.4. The quantitative estimate of drug-likeness (QED) is 0.616. The lowest BCUT2D eigenvalue weighted by atomic mass is 9.96. The summed E-state index contributed by atoms with van der Waals surface area (Å²) in [6.45, 7) is 4.06. The van der Waals surface area contributed by atoms with Gasteiger partial charge in [-0.1, -0.05) is 33.1 Å². The maximum atomic E-state index is 11.0. The van der Waals surface area contributed by atoms with Gasteiger partial charge in [-0.25, -0.2) is 0 Å². The van der Waals surface area contributed by atoms with Gasteiger partial charge in [0.1, 0.15) is 0 Å². The Morgan fingerprint density at radius 2 is 2.07 bits per heavy atom. The third kappa shape index (κ3) is 5.97. The van der Waals surface area contributed by atoms with Crippen LogP contribution in [-0.2, 0) is 4.79 Å². The summed E-state index contributed by atoms with van der Waals surface area (Å²) in [6, 6.07) is 0. The van der Waals surface area contributed by atoms with Gasteiger partial charge in [-0.05, 0) is 12.3 Å². The predicted octanol–water partition coefficient (Wildman–Crippen LogP) is 1.70. The van der Waals surface area contributed by atoms with Crippen LogP contribution in [0.4, 0.5) is 0 Å². The third-order valence-corrected chi connectivity index (χ3v) is 2.55. The molecule has 84 valence electrons. The van der Waals surface area contributed by atoms with E-state index in [1.165, 1.54) is 0 Å². The average Bonchev–Trinajstić information content (AvgIpc) is 2.17. The number of aliphatic hydroxyl groups is 1. The van der Waals surface area contributed by atoms with Crippen molar-refractivity contribution in [2.45, 2.75) is 52.1 Å². The number of amides is 1. The van der Waals surface area contributed by atoms with E-state index in [0.717, 1.165) is 25.7 Å². The molecule has 0 saturated carbocycles. The minimum Gasteiger partial charge on any atom is -0.393 e. The molecule has 0 rings (SSSR count).